The number of nitrogen functional groups attached to an aromatic ring is 1. The topological polar surface area (TPSA) is 112 Å². The molecule has 1 aliphatic heterocycles. The minimum Gasteiger partial charge on any atom is -0.383 e. The van der Waals surface area contributed by atoms with Crippen LogP contribution in [0.25, 0.3) is 21.9 Å². The normalized spacial score (nSPS) is 15.9. The van der Waals surface area contributed by atoms with Crippen LogP contribution in [0.15, 0.2) is 43.4 Å². The second-order valence-electron chi connectivity index (χ2n) is 8.79. The Labute approximate surface area is 202 Å². The van der Waals surface area contributed by atoms with Gasteiger partial charge < -0.3 is 10.3 Å². The highest BCUT2D eigenvalue weighted by atomic mass is 16.1. The van der Waals surface area contributed by atoms with E-state index in [2.05, 4.69) is 33.3 Å². The highest BCUT2D eigenvalue weighted by Crippen LogP contribution is 2.32. The highest BCUT2D eigenvalue weighted by molar-refractivity contribution is 6.09. The van der Waals surface area contributed by atoms with Crippen LogP contribution in [0.1, 0.15) is 41.0 Å². The number of ketones is 2. The summed E-state index contributed by atoms with van der Waals surface area (Å²) in [4.78, 5) is 35.0. The van der Waals surface area contributed by atoms with Crippen molar-refractivity contribution in [2.24, 2.45) is 7.05 Å². The Hall–Kier alpha value is -4.29. The molecule has 0 bridgehead atoms. The summed E-state index contributed by atoms with van der Waals surface area (Å²) in [6.45, 7) is 6.73. The standard InChI is InChI=1S/C26H25N7O2/c1-4-19(35)14-32-10-9-18(13-32)33-25-20(16(2)34)12-28-26(27)24(25)21(30-33)7-5-17-6-8-23-22(11-17)29-15-31(23)3/h4,6,8,11-12,15,18H,1,9-10,13-14H2,2-3H3,(H2,27,28)/t18-/m0/s1. The number of Topliss-reactive ketones (excluding diaryl/α,β-unsaturated/α-hetero) is 1. The van der Waals surface area contributed by atoms with E-state index in [-0.39, 0.29) is 23.4 Å². The monoisotopic (exact) mass is 467 g/mol. The number of hydrogen-bond donors (Lipinski definition) is 1. The molecular formula is C26H25N7O2. The van der Waals surface area contributed by atoms with E-state index < -0.39 is 0 Å². The van der Waals surface area contributed by atoms with E-state index in [0.29, 0.717) is 35.2 Å². The zero-order chi connectivity index (χ0) is 24.7. The lowest BCUT2D eigenvalue weighted by molar-refractivity contribution is -0.115. The van der Waals surface area contributed by atoms with Crippen LogP contribution in [0.4, 0.5) is 5.82 Å². The van der Waals surface area contributed by atoms with Crippen molar-refractivity contribution in [3.05, 3.63) is 60.2 Å². The SMILES string of the molecule is C=CC(=O)CN1CC[C@H](n2nc(C#Cc3ccc4c(c3)ncn4C)c3c(N)ncc(C(C)=O)c32)C1. The fraction of sp³-hybridized carbons (Fsp3) is 0.269. The van der Waals surface area contributed by atoms with Gasteiger partial charge in [0.2, 0.25) is 0 Å². The predicted octanol–water partition coefficient (Wildman–Crippen LogP) is 2.50. The summed E-state index contributed by atoms with van der Waals surface area (Å²) in [7, 11) is 1.94. The summed E-state index contributed by atoms with van der Waals surface area (Å²) < 4.78 is 3.79. The van der Waals surface area contributed by atoms with Gasteiger partial charge in [0, 0.05) is 31.9 Å². The Balaban J connectivity index is 1.59. The average molecular weight is 468 g/mol. The first-order valence-electron chi connectivity index (χ1n) is 11.3. The van der Waals surface area contributed by atoms with Gasteiger partial charge in [0.1, 0.15) is 11.5 Å². The van der Waals surface area contributed by atoms with Crippen molar-refractivity contribution >= 4 is 39.3 Å². The van der Waals surface area contributed by atoms with E-state index in [1.165, 1.54) is 19.2 Å². The van der Waals surface area contributed by atoms with Gasteiger partial charge in [-0.15, -0.1) is 0 Å². The Morgan fingerprint density at radius 1 is 1.29 bits per heavy atom. The molecule has 4 aromatic rings. The highest BCUT2D eigenvalue weighted by Gasteiger charge is 2.29. The molecule has 0 aliphatic carbocycles. The molecule has 4 heterocycles. The molecule has 5 rings (SSSR count). The number of pyridine rings is 1. The maximum Gasteiger partial charge on any atom is 0.169 e. The van der Waals surface area contributed by atoms with Crippen LogP contribution >= 0.6 is 0 Å². The third-order valence-electron chi connectivity index (χ3n) is 6.38. The van der Waals surface area contributed by atoms with Gasteiger partial charge in [-0.3, -0.25) is 19.2 Å². The number of carbonyl (C=O) groups is 2. The van der Waals surface area contributed by atoms with Gasteiger partial charge in [-0.05, 0) is 43.5 Å². The molecule has 0 spiro atoms. The first kappa shape index (κ1) is 22.5. The van der Waals surface area contributed by atoms with Crippen molar-refractivity contribution in [3.63, 3.8) is 0 Å². The van der Waals surface area contributed by atoms with Gasteiger partial charge in [0.15, 0.2) is 11.6 Å². The van der Waals surface area contributed by atoms with Crippen molar-refractivity contribution in [1.29, 1.82) is 0 Å². The van der Waals surface area contributed by atoms with E-state index in [1.807, 2.05) is 34.5 Å². The Bertz CT molecular complexity index is 1570. The van der Waals surface area contributed by atoms with E-state index in [0.717, 1.165) is 29.6 Å². The Morgan fingerprint density at radius 3 is 2.89 bits per heavy atom. The summed E-state index contributed by atoms with van der Waals surface area (Å²) in [5.41, 5.74) is 10.5. The van der Waals surface area contributed by atoms with E-state index >= 15 is 0 Å². The number of anilines is 1. The molecule has 0 unspecified atom stereocenters. The fourth-order valence-corrected chi connectivity index (χ4v) is 4.59. The van der Waals surface area contributed by atoms with Crippen LogP contribution in [-0.4, -0.2) is 60.4 Å². The quantitative estimate of drug-likeness (QED) is 0.273. The lowest BCUT2D eigenvalue weighted by Gasteiger charge is -2.16. The molecule has 176 valence electrons. The molecule has 0 saturated carbocycles. The predicted molar refractivity (Wildman–Crippen MR) is 134 cm³/mol. The number of nitrogens with two attached hydrogens (primary N) is 1. The molecule has 9 nitrogen and oxygen atoms in total. The molecule has 9 heteroatoms. The number of aryl methyl sites for hydroxylation is 1. The summed E-state index contributed by atoms with van der Waals surface area (Å²) in [5, 5.41) is 5.38. The van der Waals surface area contributed by atoms with Crippen LogP contribution in [0.3, 0.4) is 0 Å². The molecule has 2 N–H and O–H groups in total. The average Bonchev–Trinajstić information content (AvgIpc) is 3.55. The minimum absolute atomic E-state index is 0.0229. The molecule has 1 fully saturated rings. The van der Waals surface area contributed by atoms with Crippen LogP contribution in [0.5, 0.6) is 0 Å². The molecule has 35 heavy (non-hydrogen) atoms. The molecule has 1 aliphatic rings. The largest absolute Gasteiger partial charge is 0.383 e. The molecule has 1 aromatic carbocycles. The molecule has 1 atom stereocenters. The van der Waals surface area contributed by atoms with Gasteiger partial charge in [-0.1, -0.05) is 12.5 Å². The molecular weight excluding hydrogens is 442 g/mol. The smallest absolute Gasteiger partial charge is 0.169 e. The number of fused-ring (bicyclic) bond motifs is 2. The van der Waals surface area contributed by atoms with Gasteiger partial charge in [0.05, 0.1) is 46.4 Å². The first-order valence-corrected chi connectivity index (χ1v) is 11.3. The van der Waals surface area contributed by atoms with Crippen molar-refractivity contribution in [3.8, 4) is 11.8 Å². The number of rotatable bonds is 5. The second-order valence-corrected chi connectivity index (χ2v) is 8.79. The van der Waals surface area contributed by atoms with E-state index in [4.69, 9.17) is 10.8 Å². The zero-order valence-corrected chi connectivity index (χ0v) is 19.7. The molecule has 1 saturated heterocycles. The Morgan fingerprint density at radius 2 is 2.11 bits per heavy atom. The number of likely N-dealkylation sites (tertiary alicyclic amines) is 1. The third-order valence-corrected chi connectivity index (χ3v) is 6.38. The van der Waals surface area contributed by atoms with Crippen LogP contribution < -0.4 is 5.73 Å². The number of hydrogen-bond acceptors (Lipinski definition) is 7. The maximum atomic E-state index is 12.5. The lowest BCUT2D eigenvalue weighted by atomic mass is 10.1. The van der Waals surface area contributed by atoms with Crippen LogP contribution in [0, 0.1) is 11.8 Å². The number of aromatic nitrogens is 5. The van der Waals surface area contributed by atoms with Crippen molar-refractivity contribution in [1.82, 2.24) is 29.2 Å². The molecule has 0 amide bonds. The first-order chi connectivity index (χ1) is 16.9. The number of nitrogens with zero attached hydrogens (tertiary/aromatic N) is 6. The summed E-state index contributed by atoms with van der Waals surface area (Å²) in [6, 6.07) is 5.81. The van der Waals surface area contributed by atoms with Gasteiger partial charge in [-0.2, -0.15) is 5.10 Å². The third kappa shape index (κ3) is 4.09. The van der Waals surface area contributed by atoms with E-state index in [1.54, 1.807) is 6.33 Å². The van der Waals surface area contributed by atoms with E-state index in [9.17, 15) is 9.59 Å². The second kappa shape index (κ2) is 8.81. The van der Waals surface area contributed by atoms with Gasteiger partial charge in [-0.25, -0.2) is 9.97 Å². The fourth-order valence-electron chi connectivity index (χ4n) is 4.59. The van der Waals surface area contributed by atoms with Crippen LogP contribution in [-0.2, 0) is 11.8 Å². The minimum atomic E-state index is -0.125. The lowest BCUT2D eigenvalue weighted by Crippen LogP contribution is -2.27. The molecule has 3 aromatic heterocycles. The van der Waals surface area contributed by atoms with Crippen LogP contribution in [0.2, 0.25) is 0 Å². The molecule has 0 radical (unpaired) electrons. The van der Waals surface area contributed by atoms with Gasteiger partial charge >= 0.3 is 0 Å². The van der Waals surface area contributed by atoms with Crippen molar-refractivity contribution < 1.29 is 9.59 Å². The summed E-state index contributed by atoms with van der Waals surface area (Å²) in [5.74, 6) is 6.45. The Kier molecular flexibility index (Phi) is 5.67. The maximum absolute atomic E-state index is 12.5. The van der Waals surface area contributed by atoms with Gasteiger partial charge in [0.25, 0.3) is 0 Å². The number of carbonyl (C=O) groups excluding carboxylic acids is 2. The summed E-state index contributed by atoms with van der Waals surface area (Å²) >= 11 is 0. The zero-order valence-electron chi connectivity index (χ0n) is 19.7. The summed E-state index contributed by atoms with van der Waals surface area (Å²) in [6.07, 6.45) is 5.38. The number of benzene rings is 1. The number of imidazole rings is 1. The van der Waals surface area contributed by atoms with Crippen molar-refractivity contribution in [2.45, 2.75) is 19.4 Å². The van der Waals surface area contributed by atoms with Crippen molar-refractivity contribution in [2.75, 3.05) is 25.4 Å².